The van der Waals surface area contributed by atoms with E-state index in [1.165, 1.54) is 10.4 Å². The van der Waals surface area contributed by atoms with E-state index >= 15 is 0 Å². The molecule has 0 fully saturated rings. The van der Waals surface area contributed by atoms with E-state index in [0.717, 1.165) is 5.57 Å². The standard InChI is InChI=1S/C32H40O3Si/c1-7-15-25(3)30-22-21-27(35-31(30)23-26(33)16-8-2)24-34-36(32(4,5)6,28-17-11-9-12-18-28)29-19-13-10-14-20-29/h7,9-15,17-22,26-27,30-31,33H,1,23-24H2,2-6H3/b25-15+/t26?,27-,30+,31+/m0/s1. The summed E-state index contributed by atoms with van der Waals surface area (Å²) in [6, 6.07) is 21.3. The minimum Gasteiger partial charge on any atom is -0.404 e. The van der Waals surface area contributed by atoms with E-state index in [4.69, 9.17) is 9.16 Å². The molecule has 3 nitrogen and oxygen atoms in total. The van der Waals surface area contributed by atoms with E-state index in [9.17, 15) is 5.11 Å². The van der Waals surface area contributed by atoms with Crippen LogP contribution in [0, 0.1) is 17.8 Å². The fourth-order valence-electron chi connectivity index (χ4n) is 5.18. The highest BCUT2D eigenvalue weighted by Crippen LogP contribution is 2.37. The molecule has 0 radical (unpaired) electrons. The Morgan fingerprint density at radius 2 is 1.67 bits per heavy atom. The quantitative estimate of drug-likeness (QED) is 0.217. The molecule has 1 N–H and O–H groups in total. The SMILES string of the molecule is C=C/C=C(\C)[C@H]1C=C[C@@H](CO[Si](c2ccccc2)(c2ccccc2)C(C)(C)C)O[C@@H]1CC(O)C#CC. The number of rotatable bonds is 9. The molecule has 1 heterocycles. The summed E-state index contributed by atoms with van der Waals surface area (Å²) in [4.78, 5) is 0. The van der Waals surface area contributed by atoms with Gasteiger partial charge in [0.1, 0.15) is 6.10 Å². The van der Waals surface area contributed by atoms with Crippen molar-refractivity contribution in [3.63, 3.8) is 0 Å². The zero-order valence-corrected chi connectivity index (χ0v) is 23.3. The highest BCUT2D eigenvalue weighted by molar-refractivity contribution is 6.99. The van der Waals surface area contributed by atoms with E-state index in [1.54, 1.807) is 13.0 Å². The molecule has 190 valence electrons. The maximum Gasteiger partial charge on any atom is 0.261 e. The molecule has 0 bridgehead atoms. The van der Waals surface area contributed by atoms with Gasteiger partial charge in [-0.1, -0.05) is 124 Å². The van der Waals surface area contributed by atoms with Crippen LogP contribution in [0.5, 0.6) is 0 Å². The van der Waals surface area contributed by atoms with Gasteiger partial charge in [-0.25, -0.2) is 0 Å². The van der Waals surface area contributed by atoms with Gasteiger partial charge in [0.15, 0.2) is 0 Å². The van der Waals surface area contributed by atoms with Gasteiger partial charge in [0.25, 0.3) is 8.32 Å². The maximum absolute atomic E-state index is 10.4. The van der Waals surface area contributed by atoms with Crippen LogP contribution in [0.4, 0.5) is 0 Å². The molecule has 1 aliphatic rings. The van der Waals surface area contributed by atoms with Gasteiger partial charge in [0.05, 0.1) is 18.8 Å². The van der Waals surface area contributed by atoms with Gasteiger partial charge in [-0.2, -0.15) is 0 Å². The molecule has 4 atom stereocenters. The van der Waals surface area contributed by atoms with Crippen LogP contribution in [0.2, 0.25) is 5.04 Å². The van der Waals surface area contributed by atoms with Crippen LogP contribution in [0.1, 0.15) is 41.0 Å². The molecule has 2 aromatic rings. The Labute approximate surface area is 218 Å². The van der Waals surface area contributed by atoms with Crippen molar-refractivity contribution in [1.29, 1.82) is 0 Å². The fraction of sp³-hybridized carbons (Fsp3) is 0.375. The summed E-state index contributed by atoms with van der Waals surface area (Å²) in [5, 5.41) is 12.8. The van der Waals surface area contributed by atoms with Crippen LogP contribution in [-0.2, 0) is 9.16 Å². The highest BCUT2D eigenvalue weighted by Gasteiger charge is 2.50. The topological polar surface area (TPSA) is 38.7 Å². The smallest absolute Gasteiger partial charge is 0.261 e. The number of allylic oxidation sites excluding steroid dienone is 2. The minimum absolute atomic E-state index is 0.0559. The normalized spacial score (nSPS) is 21.4. The molecule has 0 amide bonds. The molecule has 0 saturated heterocycles. The molecule has 4 heteroatoms. The molecular weight excluding hydrogens is 460 g/mol. The third kappa shape index (κ3) is 6.35. The average molecular weight is 501 g/mol. The second kappa shape index (κ2) is 12.5. The summed E-state index contributed by atoms with van der Waals surface area (Å²) >= 11 is 0. The minimum atomic E-state index is -2.66. The van der Waals surface area contributed by atoms with Crippen LogP contribution in [-0.4, -0.2) is 38.3 Å². The van der Waals surface area contributed by atoms with E-state index in [2.05, 4.69) is 119 Å². The zero-order chi connectivity index (χ0) is 26.2. The van der Waals surface area contributed by atoms with Crippen molar-refractivity contribution >= 4 is 18.7 Å². The van der Waals surface area contributed by atoms with Gasteiger partial charge in [-0.3, -0.25) is 0 Å². The molecule has 0 saturated carbocycles. The Hall–Kier alpha value is -2.68. The molecule has 36 heavy (non-hydrogen) atoms. The van der Waals surface area contributed by atoms with Crippen LogP contribution < -0.4 is 10.4 Å². The first-order valence-corrected chi connectivity index (χ1v) is 14.6. The summed E-state index contributed by atoms with van der Waals surface area (Å²) in [5.41, 5.74) is 1.15. The van der Waals surface area contributed by atoms with Gasteiger partial charge in [-0.15, -0.1) is 5.92 Å². The molecule has 2 aromatic carbocycles. The van der Waals surface area contributed by atoms with E-state index < -0.39 is 14.4 Å². The average Bonchev–Trinajstić information content (AvgIpc) is 2.85. The summed E-state index contributed by atoms with van der Waals surface area (Å²) < 4.78 is 13.7. The molecule has 3 rings (SSSR count). The lowest BCUT2D eigenvalue weighted by atomic mass is 9.87. The lowest BCUT2D eigenvalue weighted by molar-refractivity contribution is -0.0487. The first-order valence-electron chi connectivity index (χ1n) is 12.7. The molecule has 1 aliphatic heterocycles. The van der Waals surface area contributed by atoms with Gasteiger partial charge in [0, 0.05) is 12.3 Å². The summed E-state index contributed by atoms with van der Waals surface area (Å²) in [7, 11) is -2.66. The van der Waals surface area contributed by atoms with Crippen molar-refractivity contribution < 1.29 is 14.3 Å². The predicted molar refractivity (Wildman–Crippen MR) is 153 cm³/mol. The molecule has 0 aromatic heterocycles. The second-order valence-corrected chi connectivity index (χ2v) is 14.7. The van der Waals surface area contributed by atoms with Gasteiger partial charge in [0.2, 0.25) is 0 Å². The van der Waals surface area contributed by atoms with E-state index in [-0.39, 0.29) is 23.2 Å². The van der Waals surface area contributed by atoms with Crippen LogP contribution >= 0.6 is 0 Å². The summed E-state index contributed by atoms with van der Waals surface area (Å²) in [6.45, 7) is 14.9. The van der Waals surface area contributed by atoms with Crippen molar-refractivity contribution in [2.75, 3.05) is 6.61 Å². The van der Waals surface area contributed by atoms with Crippen molar-refractivity contribution in [3.05, 3.63) is 97.1 Å². The van der Waals surface area contributed by atoms with Crippen molar-refractivity contribution in [1.82, 2.24) is 0 Å². The van der Waals surface area contributed by atoms with Gasteiger partial charge in [-0.05, 0) is 29.3 Å². The Balaban J connectivity index is 1.95. The highest BCUT2D eigenvalue weighted by atomic mass is 28.4. The number of hydrogen-bond donors (Lipinski definition) is 1. The third-order valence-corrected chi connectivity index (χ3v) is 11.8. The van der Waals surface area contributed by atoms with E-state index in [1.807, 2.05) is 6.08 Å². The van der Waals surface area contributed by atoms with E-state index in [0.29, 0.717) is 13.0 Å². The molecule has 1 unspecified atom stereocenters. The third-order valence-electron chi connectivity index (χ3n) is 6.84. The zero-order valence-electron chi connectivity index (χ0n) is 22.3. The van der Waals surface area contributed by atoms with Crippen molar-refractivity contribution in [2.24, 2.45) is 5.92 Å². The van der Waals surface area contributed by atoms with Crippen molar-refractivity contribution in [3.8, 4) is 11.8 Å². The van der Waals surface area contributed by atoms with Crippen molar-refractivity contribution in [2.45, 2.75) is 64.4 Å². The monoisotopic (exact) mass is 500 g/mol. The predicted octanol–water partition coefficient (Wildman–Crippen LogP) is 5.41. The maximum atomic E-state index is 10.4. The second-order valence-electron chi connectivity index (χ2n) is 10.4. The largest absolute Gasteiger partial charge is 0.404 e. The first-order chi connectivity index (χ1) is 17.2. The summed E-state index contributed by atoms with van der Waals surface area (Å²) in [5.74, 6) is 5.72. The molecule has 0 spiro atoms. The van der Waals surface area contributed by atoms with Crippen LogP contribution in [0.15, 0.2) is 97.1 Å². The lowest BCUT2D eigenvalue weighted by Gasteiger charge is -2.44. The Morgan fingerprint density at radius 3 is 2.17 bits per heavy atom. The van der Waals surface area contributed by atoms with Crippen LogP contribution in [0.3, 0.4) is 0 Å². The van der Waals surface area contributed by atoms with Gasteiger partial charge >= 0.3 is 0 Å². The number of aliphatic hydroxyl groups is 1. The lowest BCUT2D eigenvalue weighted by Crippen LogP contribution is -2.67. The number of ether oxygens (including phenoxy) is 1. The molecular formula is C32H40O3Si. The van der Waals surface area contributed by atoms with Gasteiger partial charge < -0.3 is 14.3 Å². The Bertz CT molecular complexity index is 1060. The number of hydrogen-bond acceptors (Lipinski definition) is 3. The summed E-state index contributed by atoms with van der Waals surface area (Å²) in [6.07, 6.45) is 7.38. The fourth-order valence-corrected chi connectivity index (χ4v) is 9.75. The Kier molecular flexibility index (Phi) is 9.70. The van der Waals surface area contributed by atoms with Crippen LogP contribution in [0.25, 0.3) is 0 Å². The Morgan fingerprint density at radius 1 is 1.08 bits per heavy atom. The molecule has 0 aliphatic carbocycles. The number of aliphatic hydroxyl groups excluding tert-OH is 1. The number of benzene rings is 2. The first kappa shape index (κ1) is 27.9.